The maximum atomic E-state index is 10.4. The minimum absolute atomic E-state index is 0.0742. The van der Waals surface area contributed by atoms with Crippen LogP contribution in [-0.2, 0) is 4.79 Å². The molecule has 0 saturated heterocycles. The van der Waals surface area contributed by atoms with Gasteiger partial charge in [0.2, 0.25) is 0 Å². The van der Waals surface area contributed by atoms with Crippen molar-refractivity contribution in [2.75, 3.05) is 0 Å². The summed E-state index contributed by atoms with van der Waals surface area (Å²) in [5, 5.41) is 17.7. The van der Waals surface area contributed by atoms with Gasteiger partial charge in [-0.1, -0.05) is 6.08 Å². The number of hydrogen-bond donors (Lipinski definition) is 2. The summed E-state index contributed by atoms with van der Waals surface area (Å²) in [7, 11) is 0. The van der Waals surface area contributed by atoms with Crippen molar-refractivity contribution in [1.82, 2.24) is 0 Å². The first kappa shape index (κ1) is 8.39. The van der Waals surface area contributed by atoms with E-state index in [1.807, 2.05) is 0 Å². The van der Waals surface area contributed by atoms with E-state index in [0.717, 1.165) is 0 Å². The van der Waals surface area contributed by atoms with E-state index in [9.17, 15) is 9.90 Å². The number of allylic oxidation sites excluding steroid dienone is 2. The second kappa shape index (κ2) is 3.13. The monoisotopic (exact) mass is 166 g/mol. The van der Waals surface area contributed by atoms with E-state index < -0.39 is 12.1 Å². The number of hydrogen-bond acceptors (Lipinski definition) is 2. The molecule has 1 aliphatic carbocycles. The van der Waals surface area contributed by atoms with E-state index >= 15 is 0 Å². The van der Waals surface area contributed by atoms with Crippen molar-refractivity contribution in [3.63, 3.8) is 0 Å². The molecular formula is C7H6N2O3. The highest BCUT2D eigenvalue weighted by atomic mass is 16.4. The van der Waals surface area contributed by atoms with Crippen LogP contribution in [0.1, 0.15) is 0 Å². The highest BCUT2D eigenvalue weighted by Crippen LogP contribution is 2.09. The van der Waals surface area contributed by atoms with Crippen LogP contribution in [0.15, 0.2) is 23.8 Å². The molecule has 1 aliphatic rings. The summed E-state index contributed by atoms with van der Waals surface area (Å²) < 4.78 is 0. The molecule has 5 heteroatoms. The summed E-state index contributed by atoms with van der Waals surface area (Å²) >= 11 is 0. The predicted molar refractivity (Wildman–Crippen MR) is 39.5 cm³/mol. The van der Waals surface area contributed by atoms with Gasteiger partial charge in [-0.05, 0) is 6.08 Å². The summed E-state index contributed by atoms with van der Waals surface area (Å²) in [4.78, 5) is 13.2. The average Bonchev–Trinajstić information content (AvgIpc) is 2.04. The van der Waals surface area contributed by atoms with Crippen LogP contribution in [0, 0.1) is 0 Å². The second-order valence-electron chi connectivity index (χ2n) is 2.21. The zero-order valence-corrected chi connectivity index (χ0v) is 6.01. The highest BCUT2D eigenvalue weighted by molar-refractivity contribution is 6.05. The molecule has 0 heterocycles. The Morgan fingerprint density at radius 2 is 2.33 bits per heavy atom. The SMILES string of the molecule is [N-]=[N+]=C1C=CC=C(C(=O)O)C1O. The molecule has 0 amide bonds. The number of rotatable bonds is 1. The van der Waals surface area contributed by atoms with Gasteiger partial charge in [0.1, 0.15) is 0 Å². The minimum atomic E-state index is -1.35. The summed E-state index contributed by atoms with van der Waals surface area (Å²) in [5.74, 6) is -1.23. The van der Waals surface area contributed by atoms with Gasteiger partial charge in [0, 0.05) is 6.08 Å². The lowest BCUT2D eigenvalue weighted by atomic mass is 10.0. The van der Waals surface area contributed by atoms with E-state index in [-0.39, 0.29) is 11.3 Å². The van der Waals surface area contributed by atoms with Crippen LogP contribution in [0.4, 0.5) is 0 Å². The van der Waals surface area contributed by atoms with E-state index in [4.69, 9.17) is 10.6 Å². The molecule has 12 heavy (non-hydrogen) atoms. The lowest BCUT2D eigenvalue weighted by Crippen LogP contribution is -2.28. The fourth-order valence-corrected chi connectivity index (χ4v) is 0.868. The zero-order valence-electron chi connectivity index (χ0n) is 6.01. The van der Waals surface area contributed by atoms with E-state index in [1.165, 1.54) is 18.2 Å². The van der Waals surface area contributed by atoms with E-state index in [1.54, 1.807) is 0 Å². The van der Waals surface area contributed by atoms with Gasteiger partial charge < -0.3 is 15.7 Å². The number of aliphatic hydroxyl groups is 1. The van der Waals surface area contributed by atoms with Crippen molar-refractivity contribution in [3.8, 4) is 0 Å². The van der Waals surface area contributed by atoms with Crippen LogP contribution in [0.5, 0.6) is 0 Å². The molecule has 0 aromatic heterocycles. The van der Waals surface area contributed by atoms with Crippen molar-refractivity contribution >= 4 is 11.7 Å². The minimum Gasteiger partial charge on any atom is -0.478 e. The first-order valence-corrected chi connectivity index (χ1v) is 3.18. The van der Waals surface area contributed by atoms with Crippen LogP contribution < -0.4 is 0 Å². The molecule has 0 aromatic rings. The summed E-state index contributed by atoms with van der Waals surface area (Å²) in [6.07, 6.45) is 2.63. The smallest absolute Gasteiger partial charge is 0.334 e. The molecule has 1 atom stereocenters. The Morgan fingerprint density at radius 3 is 2.83 bits per heavy atom. The topological polar surface area (TPSA) is 93.9 Å². The van der Waals surface area contributed by atoms with Gasteiger partial charge in [-0.25, -0.2) is 4.79 Å². The third-order valence-corrected chi connectivity index (χ3v) is 1.48. The number of aliphatic hydroxyl groups excluding tert-OH is 1. The number of nitrogens with zero attached hydrogens (tertiary/aromatic N) is 2. The van der Waals surface area contributed by atoms with Crippen molar-refractivity contribution in [3.05, 3.63) is 29.3 Å². The molecular weight excluding hydrogens is 160 g/mol. The normalized spacial score (nSPS) is 21.6. The first-order valence-electron chi connectivity index (χ1n) is 3.18. The van der Waals surface area contributed by atoms with Crippen molar-refractivity contribution in [2.24, 2.45) is 0 Å². The molecule has 62 valence electrons. The number of aliphatic carboxylic acids is 1. The van der Waals surface area contributed by atoms with Gasteiger partial charge in [0.15, 0.2) is 6.10 Å². The Hall–Kier alpha value is -1.71. The summed E-state index contributed by atoms with van der Waals surface area (Å²) in [6, 6.07) is 0. The van der Waals surface area contributed by atoms with Gasteiger partial charge >= 0.3 is 11.7 Å². The molecule has 1 unspecified atom stereocenters. The van der Waals surface area contributed by atoms with Crippen molar-refractivity contribution < 1.29 is 19.8 Å². The highest BCUT2D eigenvalue weighted by Gasteiger charge is 2.29. The maximum Gasteiger partial charge on any atom is 0.334 e. The third-order valence-electron chi connectivity index (χ3n) is 1.48. The van der Waals surface area contributed by atoms with Crippen LogP contribution in [0.2, 0.25) is 0 Å². The fourth-order valence-electron chi connectivity index (χ4n) is 0.868. The molecule has 0 aliphatic heterocycles. The molecule has 1 rings (SSSR count). The Labute approximate surface area is 67.9 Å². The molecule has 0 fully saturated rings. The van der Waals surface area contributed by atoms with E-state index in [2.05, 4.69) is 4.79 Å². The molecule has 0 spiro atoms. The summed E-state index contributed by atoms with van der Waals surface area (Å²) in [5.41, 5.74) is 8.04. The van der Waals surface area contributed by atoms with Crippen LogP contribution >= 0.6 is 0 Å². The van der Waals surface area contributed by atoms with Gasteiger partial charge in [-0.3, -0.25) is 0 Å². The third kappa shape index (κ3) is 1.32. The largest absolute Gasteiger partial charge is 0.478 e. The molecule has 2 N–H and O–H groups in total. The molecule has 0 saturated carbocycles. The predicted octanol–water partition coefficient (Wildman–Crippen LogP) is -0.401. The molecule has 0 aromatic carbocycles. The Kier molecular flexibility index (Phi) is 2.19. The van der Waals surface area contributed by atoms with Crippen molar-refractivity contribution in [2.45, 2.75) is 6.10 Å². The van der Waals surface area contributed by atoms with Crippen LogP contribution in [0.25, 0.3) is 5.53 Å². The maximum absolute atomic E-state index is 10.4. The number of carboxylic acid groups (broad SMARTS) is 1. The van der Waals surface area contributed by atoms with Gasteiger partial charge in [-0.2, -0.15) is 4.79 Å². The summed E-state index contributed by atoms with van der Waals surface area (Å²) in [6.45, 7) is 0. The van der Waals surface area contributed by atoms with Crippen molar-refractivity contribution in [1.29, 1.82) is 0 Å². The quantitative estimate of drug-likeness (QED) is 0.410. The first-order chi connectivity index (χ1) is 5.66. The average molecular weight is 166 g/mol. The Morgan fingerprint density at radius 1 is 1.67 bits per heavy atom. The van der Waals surface area contributed by atoms with Gasteiger partial charge in [0.25, 0.3) is 0 Å². The molecule has 0 bridgehead atoms. The fraction of sp³-hybridized carbons (Fsp3) is 0.143. The van der Waals surface area contributed by atoms with Crippen LogP contribution in [0.3, 0.4) is 0 Å². The van der Waals surface area contributed by atoms with E-state index in [0.29, 0.717) is 0 Å². The lowest BCUT2D eigenvalue weighted by Gasteiger charge is -2.06. The number of carboxylic acids is 1. The number of carbonyl (C=O) groups is 1. The Balaban J connectivity index is 3.06. The van der Waals surface area contributed by atoms with Gasteiger partial charge in [0.05, 0.1) is 5.57 Å². The molecule has 0 radical (unpaired) electrons. The Bertz CT molecular complexity index is 324. The standard InChI is InChI=1S/C7H6N2O3/c8-9-5-3-1-2-4(6(5)10)7(11)12/h1-3,6,10H,(H,11,12). The van der Waals surface area contributed by atoms with Crippen LogP contribution in [-0.4, -0.2) is 32.8 Å². The molecule has 5 nitrogen and oxygen atoms in total. The zero-order chi connectivity index (χ0) is 9.14. The van der Waals surface area contributed by atoms with Gasteiger partial charge in [-0.15, -0.1) is 0 Å². The second-order valence-corrected chi connectivity index (χ2v) is 2.21. The lowest BCUT2D eigenvalue weighted by molar-refractivity contribution is -0.133.